The lowest BCUT2D eigenvalue weighted by Gasteiger charge is -2.09. The lowest BCUT2D eigenvalue weighted by atomic mass is 10.3. The van der Waals surface area contributed by atoms with Crippen LogP contribution in [0.2, 0.25) is 0 Å². The van der Waals surface area contributed by atoms with Crippen molar-refractivity contribution in [2.75, 3.05) is 6.54 Å². The highest BCUT2D eigenvalue weighted by Crippen LogP contribution is 2.23. The van der Waals surface area contributed by atoms with Crippen LogP contribution in [-0.4, -0.2) is 27.2 Å². The highest BCUT2D eigenvalue weighted by atomic mass is 32.2. The van der Waals surface area contributed by atoms with E-state index < -0.39 is 34.6 Å². The number of carbonyl (C=O) groups excluding carboxylic acids is 1. The summed E-state index contributed by atoms with van der Waals surface area (Å²) in [7, 11) is -4.00. The number of halogens is 3. The maximum absolute atomic E-state index is 11.9. The first kappa shape index (κ1) is 15.2. The third-order valence-electron chi connectivity index (χ3n) is 1.80. The van der Waals surface area contributed by atoms with Crippen molar-refractivity contribution >= 4 is 15.9 Å². The van der Waals surface area contributed by atoms with Crippen LogP contribution in [0.4, 0.5) is 13.2 Å². The van der Waals surface area contributed by atoms with E-state index in [1.807, 2.05) is 4.72 Å². The van der Waals surface area contributed by atoms with Gasteiger partial charge in [-0.25, -0.2) is 13.1 Å². The molecule has 0 radical (unpaired) electrons. The summed E-state index contributed by atoms with van der Waals surface area (Å²) in [4.78, 5) is 10.1. The molecule has 0 aliphatic carbocycles. The number of hydrogen-bond donors (Lipinski definition) is 2. The van der Waals surface area contributed by atoms with Crippen LogP contribution in [0.5, 0.6) is 5.75 Å². The van der Waals surface area contributed by atoms with E-state index in [0.717, 1.165) is 24.3 Å². The predicted molar refractivity (Wildman–Crippen MR) is 57.5 cm³/mol. The molecule has 106 valence electrons. The molecular formula is C9H9F3N2O4S. The van der Waals surface area contributed by atoms with E-state index in [0.29, 0.717) is 0 Å². The molecule has 19 heavy (non-hydrogen) atoms. The normalized spacial score (nSPS) is 12.2. The summed E-state index contributed by atoms with van der Waals surface area (Å²) < 4.78 is 64.2. The molecule has 0 aliphatic rings. The molecule has 1 rings (SSSR count). The SMILES string of the molecule is NC(=O)CNS(=O)(=O)c1ccc(OC(F)(F)F)cc1. The van der Waals surface area contributed by atoms with Crippen molar-refractivity contribution in [1.82, 2.24) is 4.72 Å². The van der Waals surface area contributed by atoms with Crippen molar-refractivity contribution < 1.29 is 31.1 Å². The van der Waals surface area contributed by atoms with Gasteiger partial charge in [-0.2, -0.15) is 0 Å². The molecular weight excluding hydrogens is 289 g/mol. The number of nitrogens with two attached hydrogens (primary N) is 1. The van der Waals surface area contributed by atoms with Gasteiger partial charge in [0, 0.05) is 0 Å². The van der Waals surface area contributed by atoms with Crippen LogP contribution in [0.1, 0.15) is 0 Å². The van der Waals surface area contributed by atoms with Gasteiger partial charge in [-0.05, 0) is 24.3 Å². The fraction of sp³-hybridized carbons (Fsp3) is 0.222. The van der Waals surface area contributed by atoms with Gasteiger partial charge in [-0.15, -0.1) is 13.2 Å². The van der Waals surface area contributed by atoms with E-state index in [4.69, 9.17) is 5.73 Å². The minimum Gasteiger partial charge on any atom is -0.406 e. The van der Waals surface area contributed by atoms with Gasteiger partial charge in [0.05, 0.1) is 11.4 Å². The van der Waals surface area contributed by atoms with Gasteiger partial charge in [0.2, 0.25) is 15.9 Å². The smallest absolute Gasteiger partial charge is 0.406 e. The quantitative estimate of drug-likeness (QED) is 0.819. The molecule has 0 atom stereocenters. The molecule has 0 fully saturated rings. The van der Waals surface area contributed by atoms with E-state index in [9.17, 15) is 26.4 Å². The Morgan fingerprint density at radius 2 is 1.79 bits per heavy atom. The number of hydrogen-bond acceptors (Lipinski definition) is 4. The lowest BCUT2D eigenvalue weighted by molar-refractivity contribution is -0.274. The number of amides is 1. The first-order chi connectivity index (χ1) is 8.60. The Balaban J connectivity index is 2.84. The Hall–Kier alpha value is -1.81. The molecule has 6 nitrogen and oxygen atoms in total. The minimum absolute atomic E-state index is 0.316. The van der Waals surface area contributed by atoms with Crippen molar-refractivity contribution in [3.8, 4) is 5.75 Å². The van der Waals surface area contributed by atoms with Crippen molar-refractivity contribution in [2.24, 2.45) is 5.73 Å². The minimum atomic E-state index is -4.86. The number of sulfonamides is 1. The Morgan fingerprint density at radius 1 is 1.26 bits per heavy atom. The summed E-state index contributed by atoms with van der Waals surface area (Å²) in [5, 5.41) is 0. The number of alkyl halides is 3. The topological polar surface area (TPSA) is 98.5 Å². The molecule has 0 spiro atoms. The Bertz CT molecular complexity index is 554. The summed E-state index contributed by atoms with van der Waals surface area (Å²) in [6.45, 7) is -0.608. The van der Waals surface area contributed by atoms with Crippen LogP contribution in [0.15, 0.2) is 29.2 Å². The summed E-state index contributed by atoms with van der Waals surface area (Å²) in [6.07, 6.45) is -4.86. The number of primary amides is 1. The Labute approximate surface area is 106 Å². The van der Waals surface area contributed by atoms with Gasteiger partial charge in [-0.3, -0.25) is 4.79 Å². The van der Waals surface area contributed by atoms with Crippen molar-refractivity contribution in [3.05, 3.63) is 24.3 Å². The predicted octanol–water partition coefficient (Wildman–Crippen LogP) is 0.349. The number of ether oxygens (including phenoxy) is 1. The zero-order chi connectivity index (χ0) is 14.7. The lowest BCUT2D eigenvalue weighted by Crippen LogP contribution is -2.33. The first-order valence-corrected chi connectivity index (χ1v) is 6.22. The molecule has 1 aromatic rings. The molecule has 0 aromatic heterocycles. The largest absolute Gasteiger partial charge is 0.573 e. The fourth-order valence-electron chi connectivity index (χ4n) is 1.07. The molecule has 3 N–H and O–H groups in total. The van der Waals surface area contributed by atoms with Gasteiger partial charge in [0.25, 0.3) is 0 Å². The van der Waals surface area contributed by atoms with Crippen LogP contribution in [0, 0.1) is 0 Å². The summed E-state index contributed by atoms with van der Waals surface area (Å²) in [5.74, 6) is -1.44. The van der Waals surface area contributed by atoms with Gasteiger partial charge < -0.3 is 10.5 Å². The third kappa shape index (κ3) is 5.14. The fourth-order valence-corrected chi connectivity index (χ4v) is 2.06. The molecule has 10 heteroatoms. The number of rotatable bonds is 5. The van der Waals surface area contributed by atoms with Gasteiger partial charge >= 0.3 is 6.36 Å². The van der Waals surface area contributed by atoms with Gasteiger partial charge in [0.15, 0.2) is 0 Å². The highest BCUT2D eigenvalue weighted by molar-refractivity contribution is 7.89. The monoisotopic (exact) mass is 298 g/mol. The van der Waals surface area contributed by atoms with Gasteiger partial charge in [0.1, 0.15) is 5.75 Å². The van der Waals surface area contributed by atoms with E-state index >= 15 is 0 Å². The number of benzene rings is 1. The van der Waals surface area contributed by atoms with E-state index in [1.165, 1.54) is 0 Å². The van der Waals surface area contributed by atoms with Crippen LogP contribution >= 0.6 is 0 Å². The first-order valence-electron chi connectivity index (χ1n) is 4.74. The molecule has 0 saturated carbocycles. The average Bonchev–Trinajstić information content (AvgIpc) is 2.25. The molecule has 0 heterocycles. The zero-order valence-electron chi connectivity index (χ0n) is 9.27. The van der Waals surface area contributed by atoms with Gasteiger partial charge in [-0.1, -0.05) is 0 Å². The van der Waals surface area contributed by atoms with E-state index in [2.05, 4.69) is 4.74 Å². The third-order valence-corrected chi connectivity index (χ3v) is 3.22. The van der Waals surface area contributed by atoms with Crippen LogP contribution in [0.25, 0.3) is 0 Å². The average molecular weight is 298 g/mol. The molecule has 0 saturated heterocycles. The maximum Gasteiger partial charge on any atom is 0.573 e. The number of nitrogens with one attached hydrogen (secondary N) is 1. The van der Waals surface area contributed by atoms with Crippen LogP contribution < -0.4 is 15.2 Å². The summed E-state index contributed by atoms with van der Waals surface area (Å²) in [6, 6.07) is 3.49. The molecule has 0 bridgehead atoms. The summed E-state index contributed by atoms with van der Waals surface area (Å²) in [5.41, 5.74) is 4.76. The Kier molecular flexibility index (Phi) is 4.37. The molecule has 0 aliphatic heterocycles. The number of carbonyl (C=O) groups is 1. The zero-order valence-corrected chi connectivity index (χ0v) is 10.1. The van der Waals surface area contributed by atoms with Crippen LogP contribution in [-0.2, 0) is 14.8 Å². The second kappa shape index (κ2) is 5.45. The highest BCUT2D eigenvalue weighted by Gasteiger charge is 2.31. The van der Waals surface area contributed by atoms with E-state index in [-0.39, 0.29) is 4.90 Å². The molecule has 1 aromatic carbocycles. The van der Waals surface area contributed by atoms with Crippen molar-refractivity contribution in [2.45, 2.75) is 11.3 Å². The Morgan fingerprint density at radius 3 is 2.21 bits per heavy atom. The van der Waals surface area contributed by atoms with Crippen LogP contribution in [0.3, 0.4) is 0 Å². The second-order valence-corrected chi connectivity index (χ2v) is 5.08. The molecule has 0 unspecified atom stereocenters. The summed E-state index contributed by atoms with van der Waals surface area (Å²) >= 11 is 0. The molecule has 1 amide bonds. The standard InChI is InChI=1S/C9H9F3N2O4S/c10-9(11,12)18-6-1-3-7(4-2-6)19(16,17)14-5-8(13)15/h1-4,14H,5H2,(H2,13,15). The van der Waals surface area contributed by atoms with E-state index in [1.54, 1.807) is 0 Å². The maximum atomic E-state index is 11.9. The second-order valence-electron chi connectivity index (χ2n) is 3.31. The van der Waals surface area contributed by atoms with Crippen molar-refractivity contribution in [3.63, 3.8) is 0 Å². The van der Waals surface area contributed by atoms with Crippen molar-refractivity contribution in [1.29, 1.82) is 0 Å².